The first-order valence-electron chi connectivity index (χ1n) is 5.74. The van der Waals surface area contributed by atoms with Crippen molar-refractivity contribution in [1.29, 1.82) is 0 Å². The number of amides is 1. The summed E-state index contributed by atoms with van der Waals surface area (Å²) in [5.41, 5.74) is 5.54. The normalized spacial score (nSPS) is 11.4. The SMILES string of the molecule is CC(C)(CNc1ncc2ccccc2n1)C(N)=O. The third kappa shape index (κ3) is 2.56. The van der Waals surface area contributed by atoms with Gasteiger partial charge < -0.3 is 11.1 Å². The lowest BCUT2D eigenvalue weighted by atomic mass is 9.93. The minimum Gasteiger partial charge on any atom is -0.369 e. The van der Waals surface area contributed by atoms with Crippen LogP contribution in [0.5, 0.6) is 0 Å². The van der Waals surface area contributed by atoms with E-state index in [2.05, 4.69) is 15.3 Å². The van der Waals surface area contributed by atoms with Crippen LogP contribution in [0.2, 0.25) is 0 Å². The Morgan fingerprint density at radius 2 is 2.11 bits per heavy atom. The second-order valence-corrected chi connectivity index (χ2v) is 4.85. The predicted octanol–water partition coefficient (Wildman–Crippen LogP) is 1.55. The summed E-state index contributed by atoms with van der Waals surface area (Å²) in [5.74, 6) is 0.152. The van der Waals surface area contributed by atoms with Crippen molar-refractivity contribution >= 4 is 22.8 Å². The number of aromatic nitrogens is 2. The molecule has 2 aromatic rings. The van der Waals surface area contributed by atoms with Crippen LogP contribution < -0.4 is 11.1 Å². The topological polar surface area (TPSA) is 80.9 Å². The lowest BCUT2D eigenvalue weighted by Crippen LogP contribution is -2.37. The number of carbonyl (C=O) groups is 1. The van der Waals surface area contributed by atoms with Crippen LogP contribution in [0.15, 0.2) is 30.5 Å². The second-order valence-electron chi connectivity index (χ2n) is 4.85. The van der Waals surface area contributed by atoms with Crippen molar-refractivity contribution in [3.8, 4) is 0 Å². The zero-order valence-electron chi connectivity index (χ0n) is 10.5. The molecular formula is C13H16N4O. The van der Waals surface area contributed by atoms with E-state index in [9.17, 15) is 4.79 Å². The second kappa shape index (κ2) is 4.60. The first kappa shape index (κ1) is 12.3. The summed E-state index contributed by atoms with van der Waals surface area (Å²) in [4.78, 5) is 19.8. The van der Waals surface area contributed by atoms with Crippen LogP contribution in [-0.2, 0) is 4.79 Å². The molecule has 1 heterocycles. The third-order valence-corrected chi connectivity index (χ3v) is 2.84. The molecule has 5 heteroatoms. The number of nitrogens with zero attached hydrogens (tertiary/aromatic N) is 2. The largest absolute Gasteiger partial charge is 0.369 e. The smallest absolute Gasteiger partial charge is 0.224 e. The van der Waals surface area contributed by atoms with E-state index in [1.807, 2.05) is 24.3 Å². The van der Waals surface area contributed by atoms with Crippen LogP contribution in [0.25, 0.3) is 10.9 Å². The molecule has 0 atom stereocenters. The maximum atomic E-state index is 11.2. The Balaban J connectivity index is 2.15. The van der Waals surface area contributed by atoms with E-state index in [-0.39, 0.29) is 5.91 Å². The molecule has 18 heavy (non-hydrogen) atoms. The van der Waals surface area contributed by atoms with Crippen molar-refractivity contribution in [2.45, 2.75) is 13.8 Å². The first-order chi connectivity index (χ1) is 8.49. The number of nitrogens with one attached hydrogen (secondary N) is 1. The molecule has 0 bridgehead atoms. The molecule has 94 valence electrons. The van der Waals surface area contributed by atoms with Gasteiger partial charge in [-0.1, -0.05) is 18.2 Å². The van der Waals surface area contributed by atoms with Gasteiger partial charge >= 0.3 is 0 Å². The van der Waals surface area contributed by atoms with E-state index in [1.54, 1.807) is 20.0 Å². The minimum atomic E-state index is -0.630. The van der Waals surface area contributed by atoms with Gasteiger partial charge in [-0.15, -0.1) is 0 Å². The number of carbonyl (C=O) groups excluding carboxylic acids is 1. The molecule has 0 saturated carbocycles. The standard InChI is InChI=1S/C13H16N4O/c1-13(2,11(14)18)8-16-12-15-7-9-5-3-4-6-10(9)17-12/h3-7H,8H2,1-2H3,(H2,14,18)(H,15,16,17). The Kier molecular flexibility index (Phi) is 3.14. The average molecular weight is 244 g/mol. The average Bonchev–Trinajstić information content (AvgIpc) is 2.36. The van der Waals surface area contributed by atoms with Gasteiger partial charge in [-0.25, -0.2) is 9.97 Å². The number of nitrogens with two attached hydrogens (primary N) is 1. The molecule has 0 radical (unpaired) electrons. The Morgan fingerprint density at radius 3 is 2.83 bits per heavy atom. The van der Waals surface area contributed by atoms with Gasteiger partial charge in [-0.3, -0.25) is 4.79 Å². The summed E-state index contributed by atoms with van der Waals surface area (Å²) in [7, 11) is 0. The van der Waals surface area contributed by atoms with E-state index in [0.717, 1.165) is 10.9 Å². The van der Waals surface area contributed by atoms with Crippen LogP contribution in [-0.4, -0.2) is 22.4 Å². The Hall–Kier alpha value is -2.17. The minimum absolute atomic E-state index is 0.351. The lowest BCUT2D eigenvalue weighted by Gasteiger charge is -2.20. The molecule has 0 fully saturated rings. The monoisotopic (exact) mass is 244 g/mol. The molecule has 0 aliphatic carbocycles. The third-order valence-electron chi connectivity index (χ3n) is 2.84. The summed E-state index contributed by atoms with van der Waals surface area (Å²) in [6.45, 7) is 3.97. The van der Waals surface area contributed by atoms with Crippen molar-refractivity contribution in [3.05, 3.63) is 30.5 Å². The fourth-order valence-electron chi connectivity index (χ4n) is 1.44. The number of hydrogen-bond donors (Lipinski definition) is 2. The van der Waals surface area contributed by atoms with Crippen LogP contribution >= 0.6 is 0 Å². The number of para-hydroxylation sites is 1. The highest BCUT2D eigenvalue weighted by Gasteiger charge is 2.24. The molecule has 1 aromatic heterocycles. The Bertz CT molecular complexity index is 580. The van der Waals surface area contributed by atoms with Crippen LogP contribution in [0.4, 0.5) is 5.95 Å². The first-order valence-corrected chi connectivity index (χ1v) is 5.74. The zero-order valence-corrected chi connectivity index (χ0v) is 10.5. The number of rotatable bonds is 4. The molecule has 0 saturated heterocycles. The number of fused-ring (bicyclic) bond motifs is 1. The van der Waals surface area contributed by atoms with Gasteiger partial charge in [0.15, 0.2) is 0 Å². The van der Waals surface area contributed by atoms with E-state index in [1.165, 1.54) is 0 Å². The fraction of sp³-hybridized carbons (Fsp3) is 0.308. The van der Waals surface area contributed by atoms with Crippen molar-refractivity contribution in [3.63, 3.8) is 0 Å². The summed E-state index contributed by atoms with van der Waals surface area (Å²) in [6.07, 6.45) is 1.75. The molecule has 0 spiro atoms. The van der Waals surface area contributed by atoms with Gasteiger partial charge in [0.1, 0.15) is 0 Å². The van der Waals surface area contributed by atoms with Gasteiger partial charge in [-0.2, -0.15) is 0 Å². The van der Waals surface area contributed by atoms with E-state index in [4.69, 9.17) is 5.73 Å². The van der Waals surface area contributed by atoms with Crippen molar-refractivity contribution in [1.82, 2.24) is 9.97 Å². The molecule has 2 rings (SSSR count). The molecule has 1 amide bonds. The van der Waals surface area contributed by atoms with Gasteiger partial charge in [-0.05, 0) is 19.9 Å². The van der Waals surface area contributed by atoms with E-state index in [0.29, 0.717) is 12.5 Å². The summed E-state index contributed by atoms with van der Waals surface area (Å²) < 4.78 is 0. The van der Waals surface area contributed by atoms with Crippen molar-refractivity contribution in [2.75, 3.05) is 11.9 Å². The zero-order chi connectivity index (χ0) is 13.2. The number of anilines is 1. The molecule has 0 aliphatic heterocycles. The van der Waals surface area contributed by atoms with Gasteiger partial charge in [0, 0.05) is 18.1 Å². The molecule has 1 aromatic carbocycles. The fourth-order valence-corrected chi connectivity index (χ4v) is 1.44. The van der Waals surface area contributed by atoms with Gasteiger partial charge in [0.2, 0.25) is 11.9 Å². The molecule has 5 nitrogen and oxygen atoms in total. The molecule has 0 aliphatic rings. The number of primary amides is 1. The molecule has 3 N–H and O–H groups in total. The van der Waals surface area contributed by atoms with Crippen molar-refractivity contribution in [2.24, 2.45) is 11.1 Å². The summed E-state index contributed by atoms with van der Waals surface area (Å²) in [5, 5.41) is 4.02. The Morgan fingerprint density at radius 1 is 1.39 bits per heavy atom. The van der Waals surface area contributed by atoms with Gasteiger partial charge in [0.25, 0.3) is 0 Å². The van der Waals surface area contributed by atoms with Crippen LogP contribution in [0.3, 0.4) is 0 Å². The number of hydrogen-bond acceptors (Lipinski definition) is 4. The highest BCUT2D eigenvalue weighted by atomic mass is 16.1. The Labute approximate surface area is 105 Å². The molecule has 0 unspecified atom stereocenters. The predicted molar refractivity (Wildman–Crippen MR) is 71.0 cm³/mol. The summed E-state index contributed by atoms with van der Waals surface area (Å²) in [6, 6.07) is 7.73. The number of benzene rings is 1. The van der Waals surface area contributed by atoms with E-state index >= 15 is 0 Å². The van der Waals surface area contributed by atoms with Crippen LogP contribution in [0.1, 0.15) is 13.8 Å². The lowest BCUT2D eigenvalue weighted by molar-refractivity contribution is -0.125. The molecular weight excluding hydrogens is 228 g/mol. The highest BCUT2D eigenvalue weighted by Crippen LogP contribution is 2.16. The highest BCUT2D eigenvalue weighted by molar-refractivity contribution is 5.81. The maximum absolute atomic E-state index is 11.2. The summed E-state index contributed by atoms with van der Waals surface area (Å²) >= 11 is 0. The van der Waals surface area contributed by atoms with Gasteiger partial charge in [0.05, 0.1) is 10.9 Å². The van der Waals surface area contributed by atoms with E-state index < -0.39 is 5.41 Å². The van der Waals surface area contributed by atoms with Crippen molar-refractivity contribution < 1.29 is 4.79 Å². The van der Waals surface area contributed by atoms with Crippen LogP contribution in [0, 0.1) is 5.41 Å². The maximum Gasteiger partial charge on any atom is 0.224 e. The quantitative estimate of drug-likeness (QED) is 0.855.